The van der Waals surface area contributed by atoms with Gasteiger partial charge >= 0.3 is 0 Å². The average Bonchev–Trinajstić information content (AvgIpc) is 3.05. The quantitative estimate of drug-likeness (QED) is 0.604. The first-order valence-corrected chi connectivity index (χ1v) is 7.98. The number of amides is 1. The predicted molar refractivity (Wildman–Crippen MR) is 90.3 cm³/mol. The van der Waals surface area contributed by atoms with Gasteiger partial charge in [-0.3, -0.25) is 10.1 Å². The molecule has 0 aliphatic rings. The predicted octanol–water partition coefficient (Wildman–Crippen LogP) is 3.55. The number of aromatic nitrogens is 4. The van der Waals surface area contributed by atoms with Crippen molar-refractivity contribution in [1.29, 1.82) is 0 Å². The number of nitrogens with one attached hydrogen (secondary N) is 1. The molecule has 4 rings (SSSR count). The van der Waals surface area contributed by atoms with Crippen molar-refractivity contribution < 1.29 is 4.79 Å². The topological polar surface area (TPSA) is 72.2 Å². The highest BCUT2D eigenvalue weighted by Gasteiger charge is 2.19. The summed E-state index contributed by atoms with van der Waals surface area (Å²) in [5.74, 6) is -0.277. The van der Waals surface area contributed by atoms with Crippen LogP contribution in [-0.2, 0) is 0 Å². The third-order valence-corrected chi connectivity index (χ3v) is 4.54. The minimum Gasteiger partial charge on any atom is -0.298 e. The Bertz CT molecular complexity index is 1050. The van der Waals surface area contributed by atoms with E-state index in [1.807, 2.05) is 12.1 Å². The van der Waals surface area contributed by atoms with Gasteiger partial charge in [0.1, 0.15) is 5.56 Å². The maximum absolute atomic E-state index is 12.6. The van der Waals surface area contributed by atoms with Crippen LogP contribution in [0, 0.1) is 6.92 Å². The molecule has 6 nitrogen and oxygen atoms in total. The fraction of sp³-hybridized carbons (Fsp3) is 0.0667. The number of aryl methyl sites for hydroxylation is 1. The van der Waals surface area contributed by atoms with E-state index in [1.54, 1.807) is 36.0 Å². The first-order chi connectivity index (χ1) is 11.1. The van der Waals surface area contributed by atoms with Gasteiger partial charge in [0.15, 0.2) is 10.8 Å². The number of thiazole rings is 1. The number of carbonyl (C=O) groups is 1. The van der Waals surface area contributed by atoms with E-state index in [2.05, 4.69) is 20.4 Å². The van der Waals surface area contributed by atoms with E-state index in [9.17, 15) is 4.79 Å². The van der Waals surface area contributed by atoms with Crippen LogP contribution >= 0.6 is 22.9 Å². The van der Waals surface area contributed by atoms with Crippen molar-refractivity contribution in [3.05, 3.63) is 52.9 Å². The van der Waals surface area contributed by atoms with Crippen LogP contribution in [0.3, 0.4) is 0 Å². The maximum Gasteiger partial charge on any atom is 0.263 e. The van der Waals surface area contributed by atoms with Crippen LogP contribution in [0.2, 0.25) is 5.02 Å². The zero-order valence-corrected chi connectivity index (χ0v) is 13.5. The van der Waals surface area contributed by atoms with Crippen LogP contribution in [0.25, 0.3) is 15.9 Å². The molecule has 0 spiro atoms. The van der Waals surface area contributed by atoms with Gasteiger partial charge in [-0.1, -0.05) is 22.9 Å². The van der Waals surface area contributed by atoms with Crippen molar-refractivity contribution >= 4 is 49.8 Å². The lowest BCUT2D eigenvalue weighted by Gasteiger charge is -2.00. The van der Waals surface area contributed by atoms with Gasteiger partial charge in [-0.2, -0.15) is 5.10 Å². The molecule has 0 bridgehead atoms. The summed E-state index contributed by atoms with van der Waals surface area (Å²) in [6.45, 7) is 1.78. The molecule has 0 saturated heterocycles. The number of rotatable bonds is 2. The molecule has 0 aliphatic carbocycles. The molecule has 1 N–H and O–H groups in total. The van der Waals surface area contributed by atoms with Gasteiger partial charge in [-0.25, -0.2) is 14.5 Å². The highest BCUT2D eigenvalue weighted by atomic mass is 35.5. The summed E-state index contributed by atoms with van der Waals surface area (Å²) in [6, 6.07) is 7.19. The number of fused-ring (bicyclic) bond motifs is 2. The van der Waals surface area contributed by atoms with Crippen LogP contribution in [0.1, 0.15) is 16.1 Å². The minimum atomic E-state index is -0.277. The number of hydrogen-bond donors (Lipinski definition) is 1. The Balaban J connectivity index is 1.72. The molecule has 0 atom stereocenters. The van der Waals surface area contributed by atoms with E-state index in [1.165, 1.54) is 11.3 Å². The number of nitrogens with zero attached hydrogens (tertiary/aromatic N) is 4. The van der Waals surface area contributed by atoms with E-state index in [0.29, 0.717) is 27.1 Å². The van der Waals surface area contributed by atoms with Gasteiger partial charge in [0, 0.05) is 17.4 Å². The van der Waals surface area contributed by atoms with E-state index in [0.717, 1.165) is 10.2 Å². The van der Waals surface area contributed by atoms with Crippen molar-refractivity contribution in [2.45, 2.75) is 6.92 Å². The standard InChI is InChI=1S/C15H10ClN5OS/c1-8-12(13-17-5-2-6-21(13)20-8)14(22)19-15-18-10-4-3-9(16)7-11(10)23-15/h2-7H,1H3,(H,18,19,22). The second-order valence-corrected chi connectivity index (χ2v) is 6.40. The molecule has 0 aliphatic heterocycles. The third-order valence-electron chi connectivity index (χ3n) is 3.37. The number of anilines is 1. The fourth-order valence-corrected chi connectivity index (χ4v) is 3.51. The van der Waals surface area contributed by atoms with E-state index >= 15 is 0 Å². The summed E-state index contributed by atoms with van der Waals surface area (Å²) in [4.78, 5) is 21.2. The lowest BCUT2D eigenvalue weighted by Crippen LogP contribution is -2.13. The van der Waals surface area contributed by atoms with Gasteiger partial charge in [0.25, 0.3) is 5.91 Å². The molecule has 114 valence electrons. The summed E-state index contributed by atoms with van der Waals surface area (Å²) < 4.78 is 2.50. The zero-order valence-electron chi connectivity index (χ0n) is 11.9. The molecule has 0 fully saturated rings. The maximum atomic E-state index is 12.6. The first-order valence-electron chi connectivity index (χ1n) is 6.79. The Morgan fingerprint density at radius 3 is 3.13 bits per heavy atom. The molecule has 0 radical (unpaired) electrons. The van der Waals surface area contributed by atoms with Crippen molar-refractivity contribution in [2.75, 3.05) is 5.32 Å². The summed E-state index contributed by atoms with van der Waals surface area (Å²) in [7, 11) is 0. The van der Waals surface area contributed by atoms with Crippen LogP contribution in [-0.4, -0.2) is 25.5 Å². The van der Waals surface area contributed by atoms with E-state index in [-0.39, 0.29) is 5.91 Å². The summed E-state index contributed by atoms with van der Waals surface area (Å²) in [6.07, 6.45) is 3.39. The van der Waals surface area contributed by atoms with Crippen LogP contribution < -0.4 is 5.32 Å². The number of benzene rings is 1. The fourth-order valence-electron chi connectivity index (χ4n) is 2.37. The van der Waals surface area contributed by atoms with E-state index in [4.69, 9.17) is 11.6 Å². The van der Waals surface area contributed by atoms with Crippen LogP contribution in [0.5, 0.6) is 0 Å². The summed E-state index contributed by atoms with van der Waals surface area (Å²) in [5.41, 5.74) is 2.38. The molecule has 1 amide bonds. The van der Waals surface area contributed by atoms with Crippen molar-refractivity contribution in [3.8, 4) is 0 Å². The molecular weight excluding hydrogens is 334 g/mol. The minimum absolute atomic E-state index is 0.277. The lowest BCUT2D eigenvalue weighted by atomic mass is 10.2. The van der Waals surface area contributed by atoms with Gasteiger partial charge < -0.3 is 0 Å². The van der Waals surface area contributed by atoms with Gasteiger partial charge in [-0.05, 0) is 31.2 Å². The molecule has 0 saturated carbocycles. The van der Waals surface area contributed by atoms with E-state index < -0.39 is 0 Å². The highest BCUT2D eigenvalue weighted by molar-refractivity contribution is 7.22. The van der Waals surface area contributed by atoms with Crippen LogP contribution in [0.15, 0.2) is 36.7 Å². The first kappa shape index (κ1) is 14.1. The van der Waals surface area contributed by atoms with Crippen molar-refractivity contribution in [3.63, 3.8) is 0 Å². The third kappa shape index (κ3) is 2.43. The number of halogens is 1. The molecule has 3 heterocycles. The molecule has 0 unspecified atom stereocenters. The Morgan fingerprint density at radius 1 is 1.39 bits per heavy atom. The normalized spacial score (nSPS) is 11.2. The zero-order chi connectivity index (χ0) is 16.0. The molecule has 3 aromatic heterocycles. The molecule has 8 heteroatoms. The Kier molecular flexibility index (Phi) is 3.24. The van der Waals surface area contributed by atoms with Gasteiger partial charge in [-0.15, -0.1) is 0 Å². The molecule has 23 heavy (non-hydrogen) atoms. The van der Waals surface area contributed by atoms with Crippen molar-refractivity contribution in [1.82, 2.24) is 19.6 Å². The second-order valence-electron chi connectivity index (χ2n) is 4.93. The van der Waals surface area contributed by atoms with Crippen LogP contribution in [0.4, 0.5) is 5.13 Å². The Morgan fingerprint density at radius 2 is 2.26 bits per heavy atom. The summed E-state index contributed by atoms with van der Waals surface area (Å²) >= 11 is 7.35. The number of hydrogen-bond acceptors (Lipinski definition) is 5. The molecule has 4 aromatic rings. The van der Waals surface area contributed by atoms with Gasteiger partial charge in [0.05, 0.1) is 15.9 Å². The molecule has 1 aromatic carbocycles. The van der Waals surface area contributed by atoms with Gasteiger partial charge in [0.2, 0.25) is 0 Å². The summed E-state index contributed by atoms with van der Waals surface area (Å²) in [5, 5.41) is 8.26. The highest BCUT2D eigenvalue weighted by Crippen LogP contribution is 2.28. The Hall–Kier alpha value is -2.51. The second kappa shape index (κ2) is 5.29. The van der Waals surface area contributed by atoms with Crippen molar-refractivity contribution in [2.24, 2.45) is 0 Å². The Labute approximate surface area is 139 Å². The molecular formula is C15H10ClN5OS. The number of carbonyl (C=O) groups excluding carboxylic acids is 1. The SMILES string of the molecule is Cc1nn2cccnc2c1C(=O)Nc1nc2ccc(Cl)cc2s1. The monoisotopic (exact) mass is 343 g/mol. The lowest BCUT2D eigenvalue weighted by molar-refractivity contribution is 0.102. The average molecular weight is 344 g/mol. The smallest absolute Gasteiger partial charge is 0.263 e. The largest absolute Gasteiger partial charge is 0.298 e.